The fraction of sp³-hybridized carbons (Fsp3) is 0.182. The molecule has 0 atom stereocenters. The lowest BCUT2D eigenvalue weighted by Gasteiger charge is -2.15. The van der Waals surface area contributed by atoms with Crippen LogP contribution in [0.1, 0.15) is 11.1 Å². The van der Waals surface area contributed by atoms with Crippen LogP contribution in [-0.2, 0) is 22.1 Å². The van der Waals surface area contributed by atoms with E-state index in [0.717, 1.165) is 36.5 Å². The van der Waals surface area contributed by atoms with Crippen molar-refractivity contribution in [3.63, 3.8) is 0 Å². The van der Waals surface area contributed by atoms with Crippen molar-refractivity contribution in [1.82, 2.24) is 4.90 Å². The van der Waals surface area contributed by atoms with Crippen molar-refractivity contribution >= 4 is 19.7 Å². The molecule has 4 rings (SSSR count). The number of hydrogen-bond acceptors (Lipinski definition) is 4. The van der Waals surface area contributed by atoms with Crippen LogP contribution in [-0.4, -0.2) is 26.5 Å². The van der Waals surface area contributed by atoms with Gasteiger partial charge in [0.1, 0.15) is 12.4 Å². The standard InChI is InChI=1S/C22H20ClNO3S/c23-28(25,26)22-11-7-18(8-12-22)17-5-9-21(10-6-17)27-14-13-24-15-19-3-1-2-4-20(19)16-24/h1-12H,13-16H2. The lowest BCUT2D eigenvalue weighted by molar-refractivity contribution is 0.211. The van der Waals surface area contributed by atoms with E-state index in [-0.39, 0.29) is 4.90 Å². The van der Waals surface area contributed by atoms with E-state index in [2.05, 4.69) is 29.2 Å². The number of fused-ring (bicyclic) bond motifs is 1. The second-order valence-corrected chi connectivity index (χ2v) is 9.38. The highest BCUT2D eigenvalue weighted by Gasteiger charge is 2.17. The van der Waals surface area contributed by atoms with Crippen molar-refractivity contribution in [1.29, 1.82) is 0 Å². The molecule has 0 N–H and O–H groups in total. The Balaban J connectivity index is 1.31. The lowest BCUT2D eigenvalue weighted by Crippen LogP contribution is -2.22. The van der Waals surface area contributed by atoms with Gasteiger partial charge in [-0.2, -0.15) is 0 Å². The molecule has 0 fully saturated rings. The van der Waals surface area contributed by atoms with Gasteiger partial charge in [0.25, 0.3) is 9.05 Å². The van der Waals surface area contributed by atoms with Crippen molar-refractivity contribution in [2.75, 3.05) is 13.2 Å². The van der Waals surface area contributed by atoms with Crippen molar-refractivity contribution in [2.24, 2.45) is 0 Å². The van der Waals surface area contributed by atoms with Gasteiger partial charge in [0.15, 0.2) is 0 Å². The van der Waals surface area contributed by atoms with Gasteiger partial charge in [-0.3, -0.25) is 4.90 Å². The molecule has 1 heterocycles. The number of ether oxygens (including phenoxy) is 1. The van der Waals surface area contributed by atoms with E-state index in [9.17, 15) is 8.42 Å². The molecule has 0 saturated carbocycles. The minimum atomic E-state index is -3.70. The molecule has 1 aliphatic rings. The third kappa shape index (κ3) is 4.38. The van der Waals surface area contributed by atoms with Gasteiger partial charge < -0.3 is 4.74 Å². The van der Waals surface area contributed by atoms with Crippen LogP contribution in [0.15, 0.2) is 77.7 Å². The first-order chi connectivity index (χ1) is 13.5. The highest BCUT2D eigenvalue weighted by atomic mass is 35.7. The van der Waals surface area contributed by atoms with Gasteiger partial charge in [0.05, 0.1) is 4.90 Å². The lowest BCUT2D eigenvalue weighted by atomic mass is 10.1. The Morgan fingerprint density at radius 1 is 0.821 bits per heavy atom. The van der Waals surface area contributed by atoms with Crippen molar-refractivity contribution < 1.29 is 13.2 Å². The van der Waals surface area contributed by atoms with Crippen LogP contribution in [0.3, 0.4) is 0 Å². The van der Waals surface area contributed by atoms with Crippen LogP contribution in [0.5, 0.6) is 5.75 Å². The van der Waals surface area contributed by atoms with Crippen LogP contribution >= 0.6 is 10.7 Å². The summed E-state index contributed by atoms with van der Waals surface area (Å²) in [6, 6.07) is 22.8. The Bertz CT molecular complexity index is 1040. The van der Waals surface area contributed by atoms with E-state index >= 15 is 0 Å². The van der Waals surface area contributed by atoms with Gasteiger partial charge in [0.2, 0.25) is 0 Å². The van der Waals surface area contributed by atoms with Gasteiger partial charge in [-0.1, -0.05) is 48.5 Å². The molecule has 144 valence electrons. The van der Waals surface area contributed by atoms with E-state index in [0.29, 0.717) is 6.61 Å². The van der Waals surface area contributed by atoms with E-state index in [1.54, 1.807) is 12.1 Å². The molecule has 4 nitrogen and oxygen atoms in total. The van der Waals surface area contributed by atoms with Crippen LogP contribution in [0.4, 0.5) is 0 Å². The quantitative estimate of drug-likeness (QED) is 0.550. The van der Waals surface area contributed by atoms with E-state index in [4.69, 9.17) is 15.4 Å². The third-order valence-electron chi connectivity index (χ3n) is 4.91. The Labute approximate surface area is 169 Å². The van der Waals surface area contributed by atoms with Crippen molar-refractivity contribution in [2.45, 2.75) is 18.0 Å². The summed E-state index contributed by atoms with van der Waals surface area (Å²) in [4.78, 5) is 2.48. The minimum absolute atomic E-state index is 0.0990. The molecule has 0 spiro atoms. The highest BCUT2D eigenvalue weighted by molar-refractivity contribution is 8.13. The second kappa shape index (κ2) is 7.95. The summed E-state index contributed by atoms with van der Waals surface area (Å²) in [6.07, 6.45) is 0. The molecule has 28 heavy (non-hydrogen) atoms. The fourth-order valence-electron chi connectivity index (χ4n) is 3.41. The smallest absolute Gasteiger partial charge is 0.261 e. The average Bonchev–Trinajstić information content (AvgIpc) is 3.11. The number of benzene rings is 3. The normalized spacial score (nSPS) is 14.0. The summed E-state index contributed by atoms with van der Waals surface area (Å²) in [5.74, 6) is 0.820. The van der Waals surface area contributed by atoms with Gasteiger partial charge in [0, 0.05) is 30.3 Å². The SMILES string of the molecule is O=S(=O)(Cl)c1ccc(-c2ccc(OCCN3Cc4ccccc4C3)cc2)cc1. The largest absolute Gasteiger partial charge is 0.492 e. The second-order valence-electron chi connectivity index (χ2n) is 6.81. The maximum atomic E-state index is 11.3. The molecule has 0 radical (unpaired) electrons. The number of halogens is 1. The minimum Gasteiger partial charge on any atom is -0.492 e. The fourth-order valence-corrected chi connectivity index (χ4v) is 4.18. The average molecular weight is 414 g/mol. The number of rotatable bonds is 6. The van der Waals surface area contributed by atoms with Gasteiger partial charge in [-0.15, -0.1) is 0 Å². The number of hydrogen-bond donors (Lipinski definition) is 0. The highest BCUT2D eigenvalue weighted by Crippen LogP contribution is 2.25. The van der Waals surface area contributed by atoms with Crippen molar-refractivity contribution in [3.05, 3.63) is 83.9 Å². The first-order valence-electron chi connectivity index (χ1n) is 9.06. The molecule has 0 bridgehead atoms. The Morgan fingerprint density at radius 3 is 1.89 bits per heavy atom. The van der Waals surface area contributed by atoms with E-state index in [1.807, 2.05) is 24.3 Å². The molecule has 0 amide bonds. The van der Waals surface area contributed by atoms with Crippen LogP contribution < -0.4 is 4.74 Å². The maximum Gasteiger partial charge on any atom is 0.261 e. The summed E-state index contributed by atoms with van der Waals surface area (Å²) < 4.78 is 28.5. The summed E-state index contributed by atoms with van der Waals surface area (Å²) in [5, 5.41) is 0. The topological polar surface area (TPSA) is 46.6 Å². The molecule has 0 saturated heterocycles. The summed E-state index contributed by atoms with van der Waals surface area (Å²) in [7, 11) is 1.66. The molecular formula is C22H20ClNO3S. The Morgan fingerprint density at radius 2 is 1.36 bits per heavy atom. The monoisotopic (exact) mass is 413 g/mol. The molecule has 1 aliphatic heterocycles. The summed E-state index contributed by atoms with van der Waals surface area (Å²) in [6.45, 7) is 3.47. The van der Waals surface area contributed by atoms with Gasteiger partial charge in [-0.25, -0.2) is 8.42 Å². The van der Waals surface area contributed by atoms with Crippen molar-refractivity contribution in [3.8, 4) is 16.9 Å². The molecule has 3 aromatic carbocycles. The maximum absolute atomic E-state index is 11.3. The third-order valence-corrected chi connectivity index (χ3v) is 6.28. The van der Waals surface area contributed by atoms with Gasteiger partial charge >= 0.3 is 0 Å². The Hall–Kier alpha value is -2.34. The van der Waals surface area contributed by atoms with Crippen LogP contribution in [0, 0.1) is 0 Å². The zero-order valence-electron chi connectivity index (χ0n) is 15.2. The zero-order chi connectivity index (χ0) is 19.6. The molecule has 3 aromatic rings. The molecule has 0 aliphatic carbocycles. The first kappa shape index (κ1) is 19.0. The summed E-state index contributed by atoms with van der Waals surface area (Å²) in [5.41, 5.74) is 4.71. The van der Waals surface area contributed by atoms with Crippen LogP contribution in [0.25, 0.3) is 11.1 Å². The molecule has 0 unspecified atom stereocenters. The predicted octanol–water partition coefficient (Wildman–Crippen LogP) is 4.68. The van der Waals surface area contributed by atoms with Crippen LogP contribution in [0.2, 0.25) is 0 Å². The van der Waals surface area contributed by atoms with E-state index in [1.165, 1.54) is 23.3 Å². The molecular weight excluding hydrogens is 394 g/mol. The zero-order valence-corrected chi connectivity index (χ0v) is 16.8. The first-order valence-corrected chi connectivity index (χ1v) is 11.4. The molecule has 6 heteroatoms. The molecule has 0 aromatic heterocycles. The van der Waals surface area contributed by atoms with E-state index < -0.39 is 9.05 Å². The van der Waals surface area contributed by atoms with Gasteiger partial charge in [-0.05, 0) is 46.5 Å². The Kier molecular flexibility index (Phi) is 5.40. The number of nitrogens with zero attached hydrogens (tertiary/aromatic N) is 1. The predicted molar refractivity (Wildman–Crippen MR) is 111 cm³/mol. The summed E-state index contributed by atoms with van der Waals surface area (Å²) >= 11 is 0.